The first kappa shape index (κ1) is 18.9. The first-order valence-electron chi connectivity index (χ1n) is 8.65. The van der Waals surface area contributed by atoms with Gasteiger partial charge >= 0.3 is 0 Å². The normalized spacial score (nSPS) is 16.4. The summed E-state index contributed by atoms with van der Waals surface area (Å²) in [7, 11) is 0. The minimum atomic E-state index is -0.514. The molecular formula is C18H26N4O3. The Morgan fingerprint density at radius 3 is 2.28 bits per heavy atom. The van der Waals surface area contributed by atoms with E-state index >= 15 is 0 Å². The van der Waals surface area contributed by atoms with E-state index in [9.17, 15) is 14.4 Å². The number of amides is 3. The first-order valence-corrected chi connectivity index (χ1v) is 8.65. The average molecular weight is 346 g/mol. The van der Waals surface area contributed by atoms with Crippen molar-refractivity contribution >= 4 is 23.4 Å². The molecule has 25 heavy (non-hydrogen) atoms. The molecule has 1 aromatic rings. The molecule has 2 N–H and O–H groups in total. The lowest BCUT2D eigenvalue weighted by molar-refractivity contribution is -0.139. The summed E-state index contributed by atoms with van der Waals surface area (Å²) in [6, 6.07) is 2.98. The van der Waals surface area contributed by atoms with Crippen molar-refractivity contribution in [3.05, 3.63) is 24.5 Å². The highest BCUT2D eigenvalue weighted by atomic mass is 16.2. The molecule has 1 aliphatic rings. The smallest absolute Gasteiger partial charge is 0.245 e. The second-order valence-electron chi connectivity index (χ2n) is 6.75. The van der Waals surface area contributed by atoms with Gasteiger partial charge in [0.2, 0.25) is 17.7 Å². The molecule has 1 unspecified atom stereocenters. The molecule has 1 fully saturated rings. The minimum absolute atomic E-state index is 0.0177. The van der Waals surface area contributed by atoms with Gasteiger partial charge in [-0.25, -0.2) is 0 Å². The lowest BCUT2D eigenvalue weighted by Crippen LogP contribution is -2.53. The van der Waals surface area contributed by atoms with Crippen molar-refractivity contribution in [2.45, 2.75) is 39.7 Å². The average Bonchev–Trinajstić information content (AvgIpc) is 2.59. The van der Waals surface area contributed by atoms with Crippen LogP contribution in [0.2, 0.25) is 0 Å². The monoisotopic (exact) mass is 346 g/mol. The maximum atomic E-state index is 12.6. The molecule has 2 rings (SSSR count). The second-order valence-corrected chi connectivity index (χ2v) is 6.75. The van der Waals surface area contributed by atoms with Crippen LogP contribution >= 0.6 is 0 Å². The molecule has 1 aliphatic heterocycles. The molecule has 0 bridgehead atoms. The number of aromatic nitrogens is 1. The zero-order valence-corrected chi connectivity index (χ0v) is 15.0. The summed E-state index contributed by atoms with van der Waals surface area (Å²) >= 11 is 0. The van der Waals surface area contributed by atoms with Crippen LogP contribution in [0.4, 0.5) is 5.69 Å². The fourth-order valence-electron chi connectivity index (χ4n) is 2.97. The number of anilines is 1. The number of nitrogens with zero attached hydrogens (tertiary/aromatic N) is 2. The van der Waals surface area contributed by atoms with Crippen molar-refractivity contribution in [1.29, 1.82) is 0 Å². The van der Waals surface area contributed by atoms with Crippen LogP contribution in [0, 0.1) is 11.8 Å². The summed E-state index contributed by atoms with van der Waals surface area (Å²) in [6.07, 6.45) is 4.50. The fourth-order valence-corrected chi connectivity index (χ4v) is 2.97. The summed E-state index contributed by atoms with van der Waals surface area (Å²) in [4.78, 5) is 42.0. The number of pyridine rings is 1. The van der Waals surface area contributed by atoms with E-state index in [2.05, 4.69) is 15.6 Å². The molecule has 2 heterocycles. The molecule has 1 aromatic heterocycles. The maximum absolute atomic E-state index is 12.6. The fraction of sp³-hybridized carbons (Fsp3) is 0.556. The van der Waals surface area contributed by atoms with Gasteiger partial charge in [0, 0.05) is 44.0 Å². The molecular weight excluding hydrogens is 320 g/mol. The molecule has 7 heteroatoms. The van der Waals surface area contributed by atoms with Gasteiger partial charge in [-0.3, -0.25) is 19.4 Å². The SMILES string of the molecule is CC(=O)NC(C(=O)N1CCC(C(=O)Nc2ccncc2)CC1)C(C)C. The van der Waals surface area contributed by atoms with Crippen molar-refractivity contribution in [3.8, 4) is 0 Å². The third-order valence-corrected chi connectivity index (χ3v) is 4.42. The molecule has 136 valence electrons. The Balaban J connectivity index is 1.88. The molecule has 1 atom stereocenters. The van der Waals surface area contributed by atoms with Gasteiger partial charge in [0.15, 0.2) is 0 Å². The van der Waals surface area contributed by atoms with Gasteiger partial charge in [-0.05, 0) is 30.9 Å². The van der Waals surface area contributed by atoms with Gasteiger partial charge in [0.25, 0.3) is 0 Å². The number of likely N-dealkylation sites (tertiary alicyclic amines) is 1. The number of nitrogens with one attached hydrogen (secondary N) is 2. The van der Waals surface area contributed by atoms with E-state index in [1.807, 2.05) is 13.8 Å². The standard InChI is InChI=1S/C18H26N4O3/c1-12(2)16(20-13(3)23)18(25)22-10-6-14(7-11-22)17(24)21-15-4-8-19-9-5-15/h4-5,8-9,12,14,16H,6-7,10-11H2,1-3H3,(H,20,23)(H,19,21,24). The third-order valence-electron chi connectivity index (χ3n) is 4.42. The Labute approximate surface area is 148 Å². The lowest BCUT2D eigenvalue weighted by atomic mass is 9.94. The summed E-state index contributed by atoms with van der Waals surface area (Å²) in [6.45, 7) is 6.28. The Kier molecular flexibility index (Phi) is 6.50. The van der Waals surface area contributed by atoms with Gasteiger partial charge in [0.1, 0.15) is 6.04 Å². The number of hydrogen-bond acceptors (Lipinski definition) is 4. The summed E-state index contributed by atoms with van der Waals surface area (Å²) in [5, 5.41) is 5.61. The molecule has 0 aromatic carbocycles. The van der Waals surface area contributed by atoms with Gasteiger partial charge in [0.05, 0.1) is 0 Å². The largest absolute Gasteiger partial charge is 0.344 e. The third kappa shape index (κ3) is 5.27. The molecule has 0 radical (unpaired) electrons. The number of carbonyl (C=O) groups excluding carboxylic acids is 3. The van der Waals surface area contributed by atoms with Gasteiger partial charge < -0.3 is 15.5 Å². The summed E-state index contributed by atoms with van der Waals surface area (Å²) in [5.41, 5.74) is 0.726. The van der Waals surface area contributed by atoms with Gasteiger partial charge in [-0.1, -0.05) is 13.8 Å². The molecule has 3 amide bonds. The van der Waals surface area contributed by atoms with Crippen LogP contribution in [-0.4, -0.2) is 46.7 Å². The zero-order valence-electron chi connectivity index (χ0n) is 15.0. The topological polar surface area (TPSA) is 91.4 Å². The van der Waals surface area contributed by atoms with Crippen LogP contribution in [0.5, 0.6) is 0 Å². The van der Waals surface area contributed by atoms with Crippen LogP contribution in [0.3, 0.4) is 0 Å². The molecule has 0 saturated carbocycles. The van der Waals surface area contributed by atoms with Crippen LogP contribution < -0.4 is 10.6 Å². The molecule has 7 nitrogen and oxygen atoms in total. The van der Waals surface area contributed by atoms with E-state index in [0.717, 1.165) is 5.69 Å². The van der Waals surface area contributed by atoms with Crippen molar-refractivity contribution in [2.75, 3.05) is 18.4 Å². The first-order chi connectivity index (χ1) is 11.9. The highest BCUT2D eigenvalue weighted by Gasteiger charge is 2.32. The number of hydrogen-bond donors (Lipinski definition) is 2. The number of carbonyl (C=O) groups is 3. The van der Waals surface area contributed by atoms with Crippen LogP contribution in [-0.2, 0) is 14.4 Å². The minimum Gasteiger partial charge on any atom is -0.344 e. The van der Waals surface area contributed by atoms with E-state index in [-0.39, 0.29) is 29.6 Å². The van der Waals surface area contributed by atoms with Crippen LogP contribution in [0.15, 0.2) is 24.5 Å². The lowest BCUT2D eigenvalue weighted by Gasteiger charge is -2.34. The van der Waals surface area contributed by atoms with Crippen molar-refractivity contribution in [1.82, 2.24) is 15.2 Å². The number of piperidine rings is 1. The summed E-state index contributed by atoms with van der Waals surface area (Å²) < 4.78 is 0. The van der Waals surface area contributed by atoms with Crippen LogP contribution in [0.1, 0.15) is 33.6 Å². The van der Waals surface area contributed by atoms with E-state index in [1.54, 1.807) is 29.4 Å². The molecule has 1 saturated heterocycles. The Morgan fingerprint density at radius 2 is 1.76 bits per heavy atom. The van der Waals surface area contributed by atoms with E-state index < -0.39 is 6.04 Å². The van der Waals surface area contributed by atoms with E-state index in [0.29, 0.717) is 25.9 Å². The van der Waals surface area contributed by atoms with Crippen molar-refractivity contribution < 1.29 is 14.4 Å². The number of rotatable bonds is 5. The second kappa shape index (κ2) is 8.60. The van der Waals surface area contributed by atoms with Crippen LogP contribution in [0.25, 0.3) is 0 Å². The van der Waals surface area contributed by atoms with Crippen molar-refractivity contribution in [2.24, 2.45) is 11.8 Å². The molecule has 0 aliphatic carbocycles. The predicted molar refractivity (Wildman–Crippen MR) is 94.6 cm³/mol. The van der Waals surface area contributed by atoms with Gasteiger partial charge in [-0.2, -0.15) is 0 Å². The highest BCUT2D eigenvalue weighted by Crippen LogP contribution is 2.21. The highest BCUT2D eigenvalue weighted by molar-refractivity contribution is 5.93. The predicted octanol–water partition coefficient (Wildman–Crippen LogP) is 1.42. The quantitative estimate of drug-likeness (QED) is 0.843. The zero-order chi connectivity index (χ0) is 18.4. The van der Waals surface area contributed by atoms with E-state index in [1.165, 1.54) is 6.92 Å². The summed E-state index contributed by atoms with van der Waals surface area (Å²) in [5.74, 6) is -0.406. The van der Waals surface area contributed by atoms with Gasteiger partial charge in [-0.15, -0.1) is 0 Å². The Hall–Kier alpha value is -2.44. The van der Waals surface area contributed by atoms with E-state index in [4.69, 9.17) is 0 Å². The molecule has 0 spiro atoms. The maximum Gasteiger partial charge on any atom is 0.245 e. The Morgan fingerprint density at radius 1 is 1.16 bits per heavy atom. The van der Waals surface area contributed by atoms with Crippen molar-refractivity contribution in [3.63, 3.8) is 0 Å². The Bertz CT molecular complexity index is 610.